The normalized spacial score (nSPS) is 17.4. The molecule has 6 nitrogen and oxygen atoms in total. The second kappa shape index (κ2) is 6.91. The van der Waals surface area contributed by atoms with Crippen LogP contribution in [-0.2, 0) is 18.2 Å². The summed E-state index contributed by atoms with van der Waals surface area (Å²) in [4.78, 5) is 16.7. The van der Waals surface area contributed by atoms with Gasteiger partial charge in [0, 0.05) is 44.2 Å². The van der Waals surface area contributed by atoms with Crippen LogP contribution in [0, 0.1) is 6.92 Å². The maximum absolute atomic E-state index is 12.5. The molecule has 0 saturated carbocycles. The lowest BCUT2D eigenvalue weighted by Crippen LogP contribution is -2.26. The van der Waals surface area contributed by atoms with Crippen molar-refractivity contribution in [2.24, 2.45) is 7.05 Å². The highest BCUT2D eigenvalue weighted by Gasteiger charge is 2.26. The van der Waals surface area contributed by atoms with Crippen molar-refractivity contribution in [3.05, 3.63) is 47.0 Å². The Bertz CT molecular complexity index is 672. The molecule has 1 amide bonds. The van der Waals surface area contributed by atoms with Crippen molar-refractivity contribution in [2.75, 3.05) is 19.8 Å². The van der Waals surface area contributed by atoms with Crippen molar-refractivity contribution in [2.45, 2.75) is 25.7 Å². The van der Waals surface area contributed by atoms with Crippen molar-refractivity contribution >= 4 is 5.91 Å². The van der Waals surface area contributed by atoms with Gasteiger partial charge in [0.05, 0.1) is 17.9 Å². The first-order chi connectivity index (χ1) is 11.1. The number of pyridine rings is 1. The van der Waals surface area contributed by atoms with Crippen molar-refractivity contribution in [1.82, 2.24) is 20.1 Å². The van der Waals surface area contributed by atoms with Crippen LogP contribution in [0.1, 0.15) is 39.6 Å². The summed E-state index contributed by atoms with van der Waals surface area (Å²) in [5.74, 6) is 0.151. The molecule has 3 rings (SSSR count). The van der Waals surface area contributed by atoms with Crippen LogP contribution < -0.4 is 5.32 Å². The molecule has 23 heavy (non-hydrogen) atoms. The highest BCUT2D eigenvalue weighted by molar-refractivity contribution is 5.95. The van der Waals surface area contributed by atoms with Gasteiger partial charge in [0.25, 0.3) is 5.91 Å². The van der Waals surface area contributed by atoms with Crippen LogP contribution in [-0.4, -0.2) is 40.4 Å². The predicted octanol–water partition coefficient (Wildman–Crippen LogP) is 1.60. The van der Waals surface area contributed by atoms with Crippen LogP contribution in [0.4, 0.5) is 0 Å². The first-order valence-corrected chi connectivity index (χ1v) is 7.94. The molecule has 0 aromatic carbocycles. The Morgan fingerprint density at radius 1 is 1.48 bits per heavy atom. The summed E-state index contributed by atoms with van der Waals surface area (Å²) >= 11 is 0. The number of nitrogens with one attached hydrogen (secondary N) is 1. The standard InChI is InChI=1S/C17H22N4O2/c1-12-3-4-13(9-19-12)5-7-18-17(22)15-10-21(2)20-16(15)14-6-8-23-11-14/h3-4,9-10,14H,5-8,11H2,1-2H3,(H,18,22)/t14-/m0/s1. The Balaban J connectivity index is 1.60. The lowest BCUT2D eigenvalue weighted by molar-refractivity contribution is 0.0952. The van der Waals surface area contributed by atoms with Crippen LogP contribution >= 0.6 is 0 Å². The van der Waals surface area contributed by atoms with E-state index in [2.05, 4.69) is 15.4 Å². The van der Waals surface area contributed by atoms with Crippen molar-refractivity contribution in [3.8, 4) is 0 Å². The largest absolute Gasteiger partial charge is 0.381 e. The van der Waals surface area contributed by atoms with Gasteiger partial charge >= 0.3 is 0 Å². The van der Waals surface area contributed by atoms with Gasteiger partial charge < -0.3 is 10.1 Å². The maximum atomic E-state index is 12.5. The second-order valence-electron chi connectivity index (χ2n) is 5.98. The SMILES string of the molecule is Cc1ccc(CCNC(=O)c2cn(C)nc2[C@H]2CCOC2)cn1. The van der Waals surface area contributed by atoms with Gasteiger partial charge in [-0.2, -0.15) is 5.10 Å². The molecule has 0 bridgehead atoms. The van der Waals surface area contributed by atoms with E-state index in [1.165, 1.54) is 0 Å². The molecule has 6 heteroatoms. The average molecular weight is 314 g/mol. The Hall–Kier alpha value is -2.21. The van der Waals surface area contributed by atoms with E-state index < -0.39 is 0 Å². The number of amides is 1. The smallest absolute Gasteiger partial charge is 0.254 e. The molecule has 0 unspecified atom stereocenters. The maximum Gasteiger partial charge on any atom is 0.254 e. The second-order valence-corrected chi connectivity index (χ2v) is 5.98. The fraction of sp³-hybridized carbons (Fsp3) is 0.471. The summed E-state index contributed by atoms with van der Waals surface area (Å²) in [6, 6.07) is 4.02. The van der Waals surface area contributed by atoms with E-state index in [0.29, 0.717) is 18.7 Å². The lowest BCUT2D eigenvalue weighted by atomic mass is 10.0. The van der Waals surface area contributed by atoms with Crippen molar-refractivity contribution in [3.63, 3.8) is 0 Å². The van der Waals surface area contributed by atoms with Gasteiger partial charge in [0.1, 0.15) is 0 Å². The number of aryl methyl sites for hydroxylation is 2. The molecule has 122 valence electrons. The minimum atomic E-state index is -0.0694. The Morgan fingerprint density at radius 3 is 3.04 bits per heavy atom. The van der Waals surface area contributed by atoms with Crippen molar-refractivity contribution < 1.29 is 9.53 Å². The molecule has 0 spiro atoms. The van der Waals surface area contributed by atoms with E-state index >= 15 is 0 Å². The number of ether oxygens (including phenoxy) is 1. The number of hydrogen-bond acceptors (Lipinski definition) is 4. The quantitative estimate of drug-likeness (QED) is 0.910. The van der Waals surface area contributed by atoms with E-state index in [4.69, 9.17) is 4.74 Å². The first kappa shape index (κ1) is 15.7. The van der Waals surface area contributed by atoms with Crippen LogP contribution in [0.3, 0.4) is 0 Å². The zero-order chi connectivity index (χ0) is 16.2. The van der Waals surface area contributed by atoms with E-state index in [-0.39, 0.29) is 11.8 Å². The van der Waals surface area contributed by atoms with Crippen LogP contribution in [0.15, 0.2) is 24.5 Å². The third kappa shape index (κ3) is 3.76. The van der Waals surface area contributed by atoms with Crippen LogP contribution in [0.5, 0.6) is 0 Å². The summed E-state index contributed by atoms with van der Waals surface area (Å²) < 4.78 is 7.12. The average Bonchev–Trinajstić information content (AvgIpc) is 3.18. The van der Waals surface area contributed by atoms with E-state index in [1.54, 1.807) is 10.9 Å². The highest BCUT2D eigenvalue weighted by Crippen LogP contribution is 2.26. The molecule has 1 fully saturated rings. The number of hydrogen-bond donors (Lipinski definition) is 1. The number of carbonyl (C=O) groups is 1. The van der Waals surface area contributed by atoms with E-state index in [9.17, 15) is 4.79 Å². The number of nitrogens with zero attached hydrogens (tertiary/aromatic N) is 3. The monoisotopic (exact) mass is 314 g/mol. The molecule has 1 atom stereocenters. The fourth-order valence-corrected chi connectivity index (χ4v) is 2.79. The molecule has 1 N–H and O–H groups in total. The lowest BCUT2D eigenvalue weighted by Gasteiger charge is -2.08. The third-order valence-corrected chi connectivity index (χ3v) is 4.09. The van der Waals surface area contributed by atoms with Crippen LogP contribution in [0.2, 0.25) is 0 Å². The fourth-order valence-electron chi connectivity index (χ4n) is 2.79. The zero-order valence-corrected chi connectivity index (χ0v) is 13.6. The minimum Gasteiger partial charge on any atom is -0.381 e. The van der Waals surface area contributed by atoms with Gasteiger partial charge in [-0.05, 0) is 31.4 Å². The predicted molar refractivity (Wildman–Crippen MR) is 86.4 cm³/mol. The summed E-state index contributed by atoms with van der Waals surface area (Å²) in [7, 11) is 1.84. The number of rotatable bonds is 5. The van der Waals surface area contributed by atoms with Gasteiger partial charge in [0.15, 0.2) is 0 Å². The molecule has 0 radical (unpaired) electrons. The van der Waals surface area contributed by atoms with Gasteiger partial charge in [-0.25, -0.2) is 0 Å². The molecule has 2 aromatic heterocycles. The summed E-state index contributed by atoms with van der Waals surface area (Å²) in [6.45, 7) is 3.93. The molecule has 2 aromatic rings. The molecule has 0 aliphatic carbocycles. The van der Waals surface area contributed by atoms with Crippen molar-refractivity contribution in [1.29, 1.82) is 0 Å². The third-order valence-electron chi connectivity index (χ3n) is 4.09. The van der Waals surface area contributed by atoms with Gasteiger partial charge in [-0.1, -0.05) is 6.07 Å². The van der Waals surface area contributed by atoms with E-state index in [0.717, 1.165) is 36.4 Å². The topological polar surface area (TPSA) is 69.0 Å². The summed E-state index contributed by atoms with van der Waals surface area (Å²) in [6.07, 6.45) is 5.33. The zero-order valence-electron chi connectivity index (χ0n) is 13.6. The molecule has 1 aliphatic rings. The molecular weight excluding hydrogens is 292 g/mol. The van der Waals surface area contributed by atoms with Gasteiger partial charge in [-0.15, -0.1) is 0 Å². The number of aromatic nitrogens is 3. The van der Waals surface area contributed by atoms with E-state index in [1.807, 2.05) is 32.3 Å². The van der Waals surface area contributed by atoms with Gasteiger partial charge in [0.2, 0.25) is 0 Å². The molecular formula is C17H22N4O2. The minimum absolute atomic E-state index is 0.0694. The van der Waals surface area contributed by atoms with Crippen LogP contribution in [0.25, 0.3) is 0 Å². The number of carbonyl (C=O) groups excluding carboxylic acids is 1. The molecule has 1 saturated heterocycles. The molecule has 3 heterocycles. The Kier molecular flexibility index (Phi) is 4.71. The summed E-state index contributed by atoms with van der Waals surface area (Å²) in [5, 5.41) is 7.43. The van der Waals surface area contributed by atoms with Gasteiger partial charge in [-0.3, -0.25) is 14.5 Å². The molecule has 1 aliphatic heterocycles. The summed E-state index contributed by atoms with van der Waals surface area (Å²) in [5.41, 5.74) is 3.62. The highest BCUT2D eigenvalue weighted by atomic mass is 16.5. The first-order valence-electron chi connectivity index (χ1n) is 7.94. The Labute approximate surface area is 135 Å². The Morgan fingerprint density at radius 2 is 2.35 bits per heavy atom.